The fourth-order valence-electron chi connectivity index (χ4n) is 1.51. The lowest BCUT2D eigenvalue weighted by Crippen LogP contribution is -1.80. The SMILES string of the molecule is CSc1ccc(C=O)c2sc(C)cc12. The topological polar surface area (TPSA) is 17.1 Å². The second kappa shape index (κ2) is 3.75. The number of aryl methyl sites for hydroxylation is 1. The fourth-order valence-corrected chi connectivity index (χ4v) is 3.17. The molecule has 0 amide bonds. The number of fused-ring (bicyclic) bond motifs is 1. The van der Waals surface area contributed by atoms with Crippen molar-refractivity contribution in [1.29, 1.82) is 0 Å². The molecule has 0 N–H and O–H groups in total. The summed E-state index contributed by atoms with van der Waals surface area (Å²) in [7, 11) is 0. The fraction of sp³-hybridized carbons (Fsp3) is 0.182. The van der Waals surface area contributed by atoms with Gasteiger partial charge in [-0.25, -0.2) is 0 Å². The third kappa shape index (κ3) is 1.47. The molecule has 0 bridgehead atoms. The Balaban J connectivity index is 2.83. The first-order valence-corrected chi connectivity index (χ1v) is 6.32. The molecule has 1 aromatic heterocycles. The zero-order valence-corrected chi connectivity index (χ0v) is 9.67. The van der Waals surface area contributed by atoms with Gasteiger partial charge in [-0.1, -0.05) is 0 Å². The molecule has 0 fully saturated rings. The Morgan fingerprint density at radius 1 is 1.43 bits per heavy atom. The van der Waals surface area contributed by atoms with Crippen LogP contribution in [0.25, 0.3) is 10.1 Å². The summed E-state index contributed by atoms with van der Waals surface area (Å²) in [6.07, 6.45) is 2.99. The predicted molar refractivity (Wildman–Crippen MR) is 63.7 cm³/mol. The molecule has 2 aromatic rings. The van der Waals surface area contributed by atoms with E-state index >= 15 is 0 Å². The largest absolute Gasteiger partial charge is 0.298 e. The molecule has 14 heavy (non-hydrogen) atoms. The van der Waals surface area contributed by atoms with Crippen LogP contribution in [0.4, 0.5) is 0 Å². The molecule has 72 valence electrons. The van der Waals surface area contributed by atoms with Crippen LogP contribution in [0.1, 0.15) is 15.2 Å². The van der Waals surface area contributed by atoms with E-state index < -0.39 is 0 Å². The van der Waals surface area contributed by atoms with Gasteiger partial charge in [0.15, 0.2) is 6.29 Å². The lowest BCUT2D eigenvalue weighted by Gasteiger charge is -1.99. The lowest BCUT2D eigenvalue weighted by atomic mass is 10.2. The third-order valence-corrected chi connectivity index (χ3v) is 4.04. The average Bonchev–Trinajstić information content (AvgIpc) is 2.57. The minimum atomic E-state index is 0.802. The number of thiophene rings is 1. The molecule has 0 saturated carbocycles. The highest BCUT2D eigenvalue weighted by Gasteiger charge is 2.07. The highest BCUT2D eigenvalue weighted by molar-refractivity contribution is 7.98. The van der Waals surface area contributed by atoms with Crippen LogP contribution in [0.15, 0.2) is 23.1 Å². The summed E-state index contributed by atoms with van der Waals surface area (Å²) < 4.78 is 1.12. The highest BCUT2D eigenvalue weighted by Crippen LogP contribution is 2.34. The predicted octanol–water partition coefficient (Wildman–Crippen LogP) is 3.74. The first kappa shape index (κ1) is 9.74. The van der Waals surface area contributed by atoms with Crippen molar-refractivity contribution >= 4 is 39.5 Å². The van der Waals surface area contributed by atoms with E-state index in [-0.39, 0.29) is 0 Å². The summed E-state index contributed by atoms with van der Waals surface area (Å²) in [6, 6.07) is 6.07. The van der Waals surface area contributed by atoms with Crippen LogP contribution in [0.5, 0.6) is 0 Å². The molecule has 3 heteroatoms. The van der Waals surface area contributed by atoms with Crippen molar-refractivity contribution in [3.8, 4) is 0 Å². The number of thioether (sulfide) groups is 1. The van der Waals surface area contributed by atoms with Crippen molar-refractivity contribution in [3.63, 3.8) is 0 Å². The minimum absolute atomic E-state index is 0.802. The van der Waals surface area contributed by atoms with Crippen LogP contribution in [0.3, 0.4) is 0 Å². The maximum absolute atomic E-state index is 10.8. The molecule has 2 rings (SSSR count). The van der Waals surface area contributed by atoms with Crippen molar-refractivity contribution in [2.45, 2.75) is 11.8 Å². The normalized spacial score (nSPS) is 10.7. The van der Waals surface area contributed by atoms with Crippen molar-refractivity contribution in [2.24, 2.45) is 0 Å². The summed E-state index contributed by atoms with van der Waals surface area (Å²) >= 11 is 3.41. The van der Waals surface area contributed by atoms with Crippen LogP contribution in [0, 0.1) is 6.92 Å². The second-order valence-corrected chi connectivity index (χ2v) is 5.18. The molecule has 0 saturated heterocycles. The molecule has 0 aliphatic carbocycles. The zero-order chi connectivity index (χ0) is 10.1. The molecule has 0 aliphatic heterocycles. The molecule has 0 unspecified atom stereocenters. The standard InChI is InChI=1S/C11H10OS2/c1-7-5-9-10(13-2)4-3-8(6-12)11(9)14-7/h3-6H,1-2H3. The number of benzene rings is 1. The van der Waals surface area contributed by atoms with E-state index in [1.807, 2.05) is 12.1 Å². The molecule has 0 spiro atoms. The van der Waals surface area contributed by atoms with Crippen molar-refractivity contribution in [2.75, 3.05) is 6.26 Å². The summed E-state index contributed by atoms with van der Waals surface area (Å²) in [5, 5.41) is 1.21. The van der Waals surface area contributed by atoms with Gasteiger partial charge in [-0.15, -0.1) is 23.1 Å². The smallest absolute Gasteiger partial charge is 0.151 e. The Morgan fingerprint density at radius 3 is 2.86 bits per heavy atom. The van der Waals surface area contributed by atoms with Crippen molar-refractivity contribution in [3.05, 3.63) is 28.6 Å². The highest BCUT2D eigenvalue weighted by atomic mass is 32.2. The summed E-state index contributed by atoms with van der Waals surface area (Å²) in [5.41, 5.74) is 0.802. The quantitative estimate of drug-likeness (QED) is 0.568. The van der Waals surface area contributed by atoms with Gasteiger partial charge in [0.25, 0.3) is 0 Å². The average molecular weight is 222 g/mol. The van der Waals surface area contributed by atoms with E-state index in [1.54, 1.807) is 23.1 Å². The second-order valence-electron chi connectivity index (χ2n) is 3.07. The van der Waals surface area contributed by atoms with E-state index in [4.69, 9.17) is 0 Å². The Morgan fingerprint density at radius 2 is 2.21 bits per heavy atom. The zero-order valence-electron chi connectivity index (χ0n) is 8.03. The molecule has 1 aromatic carbocycles. The first-order valence-electron chi connectivity index (χ1n) is 4.28. The van der Waals surface area contributed by atoms with Crippen LogP contribution in [0.2, 0.25) is 0 Å². The Kier molecular flexibility index (Phi) is 2.61. The molecular weight excluding hydrogens is 212 g/mol. The van der Waals surface area contributed by atoms with Gasteiger partial charge in [-0.05, 0) is 31.4 Å². The summed E-state index contributed by atoms with van der Waals surface area (Å²) in [5.74, 6) is 0. The van der Waals surface area contributed by atoms with Gasteiger partial charge in [0.2, 0.25) is 0 Å². The van der Waals surface area contributed by atoms with E-state index in [0.717, 1.165) is 16.5 Å². The van der Waals surface area contributed by atoms with Gasteiger partial charge < -0.3 is 0 Å². The number of hydrogen-bond donors (Lipinski definition) is 0. The maximum atomic E-state index is 10.8. The van der Waals surface area contributed by atoms with E-state index in [9.17, 15) is 4.79 Å². The van der Waals surface area contributed by atoms with Gasteiger partial charge in [0.05, 0.1) is 0 Å². The van der Waals surface area contributed by atoms with Crippen molar-refractivity contribution in [1.82, 2.24) is 0 Å². The number of carbonyl (C=O) groups is 1. The van der Waals surface area contributed by atoms with E-state index in [0.29, 0.717) is 0 Å². The number of carbonyl (C=O) groups excluding carboxylic acids is 1. The number of hydrogen-bond acceptors (Lipinski definition) is 3. The third-order valence-electron chi connectivity index (χ3n) is 2.14. The molecule has 0 aliphatic rings. The van der Waals surface area contributed by atoms with Gasteiger partial charge in [-0.3, -0.25) is 4.79 Å². The van der Waals surface area contributed by atoms with E-state index in [2.05, 4.69) is 19.2 Å². The first-order chi connectivity index (χ1) is 6.76. The number of rotatable bonds is 2. The van der Waals surface area contributed by atoms with Crippen LogP contribution >= 0.6 is 23.1 Å². The molecule has 1 heterocycles. The minimum Gasteiger partial charge on any atom is -0.298 e. The van der Waals surface area contributed by atoms with Crippen LogP contribution < -0.4 is 0 Å². The lowest BCUT2D eigenvalue weighted by molar-refractivity contribution is 0.112. The monoisotopic (exact) mass is 222 g/mol. The van der Waals surface area contributed by atoms with Crippen LogP contribution in [-0.4, -0.2) is 12.5 Å². The van der Waals surface area contributed by atoms with Gasteiger partial charge in [0, 0.05) is 25.4 Å². The molecular formula is C11H10OS2. The summed E-state index contributed by atoms with van der Waals surface area (Å²) in [4.78, 5) is 13.3. The van der Waals surface area contributed by atoms with Crippen LogP contribution in [-0.2, 0) is 0 Å². The maximum Gasteiger partial charge on any atom is 0.151 e. The summed E-state index contributed by atoms with van der Waals surface area (Å²) in [6.45, 7) is 2.07. The molecule has 0 atom stereocenters. The Bertz CT molecular complexity index is 485. The van der Waals surface area contributed by atoms with Crippen molar-refractivity contribution < 1.29 is 4.79 Å². The Labute approximate surface area is 91.1 Å². The van der Waals surface area contributed by atoms with Gasteiger partial charge in [0.1, 0.15) is 0 Å². The van der Waals surface area contributed by atoms with E-state index in [1.165, 1.54) is 15.2 Å². The molecule has 0 radical (unpaired) electrons. The molecule has 1 nitrogen and oxygen atoms in total. The van der Waals surface area contributed by atoms with Gasteiger partial charge in [-0.2, -0.15) is 0 Å². The number of aldehydes is 1. The Hall–Kier alpha value is -0.800. The van der Waals surface area contributed by atoms with Gasteiger partial charge >= 0.3 is 0 Å².